The molecule has 0 radical (unpaired) electrons. The first-order valence-electron chi connectivity index (χ1n) is 8.82. The maximum Gasteiger partial charge on any atom is 0.283 e. The third-order valence-corrected chi connectivity index (χ3v) is 4.76. The normalized spacial score (nSPS) is 13.3. The minimum absolute atomic E-state index is 0.0835. The average Bonchev–Trinajstić information content (AvgIpc) is 2.99. The first kappa shape index (κ1) is 17.7. The highest BCUT2D eigenvalue weighted by atomic mass is 16.5. The third-order valence-electron chi connectivity index (χ3n) is 4.76. The van der Waals surface area contributed by atoms with Gasteiger partial charge in [-0.15, -0.1) is 0 Å². The van der Waals surface area contributed by atoms with Gasteiger partial charge in [-0.3, -0.25) is 19.1 Å². The maximum atomic E-state index is 13.2. The zero-order valence-electron chi connectivity index (χ0n) is 15.5. The molecule has 0 N–H and O–H groups in total. The number of rotatable bonds is 4. The Kier molecular flexibility index (Phi) is 4.31. The van der Waals surface area contributed by atoms with E-state index in [-0.39, 0.29) is 23.6 Å². The number of Topliss-reactive ketones (excluding diaryl/α,β-unsaturated/α-hetero) is 1. The SMILES string of the molecule is COC1=CC(=O)c2c(c(=O)n(-c3ccc(C)cc3)n2Cc2ccccc2)C1=O. The highest BCUT2D eigenvalue weighted by Gasteiger charge is 2.35. The zero-order chi connectivity index (χ0) is 19.8. The summed E-state index contributed by atoms with van der Waals surface area (Å²) in [5, 5.41) is 0. The lowest BCUT2D eigenvalue weighted by Gasteiger charge is -2.16. The molecule has 0 spiro atoms. The first-order chi connectivity index (χ1) is 13.5. The van der Waals surface area contributed by atoms with Crippen LogP contribution in [0.4, 0.5) is 0 Å². The van der Waals surface area contributed by atoms with Gasteiger partial charge in [-0.25, -0.2) is 4.68 Å². The van der Waals surface area contributed by atoms with Crippen molar-refractivity contribution in [2.24, 2.45) is 0 Å². The van der Waals surface area contributed by atoms with Crippen molar-refractivity contribution in [2.45, 2.75) is 13.5 Å². The van der Waals surface area contributed by atoms with Crippen LogP contribution in [-0.2, 0) is 11.3 Å². The molecule has 6 heteroatoms. The number of benzene rings is 2. The molecule has 3 aromatic rings. The first-order valence-corrected chi connectivity index (χ1v) is 8.82. The average molecular weight is 374 g/mol. The molecule has 0 aliphatic heterocycles. The summed E-state index contributed by atoms with van der Waals surface area (Å²) in [6.07, 6.45) is 1.14. The predicted molar refractivity (Wildman–Crippen MR) is 104 cm³/mol. The molecule has 0 saturated heterocycles. The van der Waals surface area contributed by atoms with Crippen molar-refractivity contribution in [1.82, 2.24) is 9.36 Å². The zero-order valence-corrected chi connectivity index (χ0v) is 15.5. The van der Waals surface area contributed by atoms with Gasteiger partial charge >= 0.3 is 0 Å². The topological polar surface area (TPSA) is 70.3 Å². The standard InChI is InChI=1S/C22H18N2O4/c1-14-8-10-16(11-9-14)24-22(27)19-20(17(25)12-18(28-2)21(19)26)23(24)13-15-6-4-3-5-7-15/h3-12H,13H2,1-2H3. The van der Waals surface area contributed by atoms with Crippen molar-refractivity contribution < 1.29 is 14.3 Å². The minimum Gasteiger partial charge on any atom is -0.492 e. The van der Waals surface area contributed by atoms with E-state index in [9.17, 15) is 14.4 Å². The highest BCUT2D eigenvalue weighted by Crippen LogP contribution is 2.23. The van der Waals surface area contributed by atoms with Gasteiger partial charge < -0.3 is 4.74 Å². The fourth-order valence-electron chi connectivity index (χ4n) is 3.38. The second kappa shape index (κ2) is 6.81. The molecule has 4 rings (SSSR count). The van der Waals surface area contributed by atoms with Crippen molar-refractivity contribution in [3.05, 3.63) is 99.2 Å². The molecule has 0 bridgehead atoms. The molecule has 0 saturated carbocycles. The molecule has 1 aliphatic rings. The van der Waals surface area contributed by atoms with Gasteiger partial charge in [-0.1, -0.05) is 48.0 Å². The summed E-state index contributed by atoms with van der Waals surface area (Å²) < 4.78 is 7.97. The van der Waals surface area contributed by atoms with Gasteiger partial charge in [0.1, 0.15) is 11.3 Å². The summed E-state index contributed by atoms with van der Waals surface area (Å²) in [6.45, 7) is 2.22. The number of nitrogens with zero attached hydrogens (tertiary/aromatic N) is 2. The van der Waals surface area contributed by atoms with Gasteiger partial charge in [0.2, 0.25) is 11.6 Å². The molecule has 0 amide bonds. The van der Waals surface area contributed by atoms with Crippen molar-refractivity contribution in [3.63, 3.8) is 0 Å². The highest BCUT2D eigenvalue weighted by molar-refractivity contribution is 6.23. The van der Waals surface area contributed by atoms with Crippen LogP contribution in [0.5, 0.6) is 0 Å². The summed E-state index contributed by atoms with van der Waals surface area (Å²) in [7, 11) is 1.31. The fourth-order valence-corrected chi connectivity index (χ4v) is 3.38. The summed E-state index contributed by atoms with van der Waals surface area (Å²) in [6, 6.07) is 16.8. The Bertz CT molecular complexity index is 1170. The van der Waals surface area contributed by atoms with E-state index in [1.165, 1.54) is 11.8 Å². The van der Waals surface area contributed by atoms with E-state index in [1.54, 1.807) is 16.8 Å². The molecule has 1 heterocycles. The Morgan fingerprint density at radius 1 is 0.929 bits per heavy atom. The van der Waals surface area contributed by atoms with Crippen LogP contribution in [0.2, 0.25) is 0 Å². The number of hydrogen-bond acceptors (Lipinski definition) is 4. The van der Waals surface area contributed by atoms with Gasteiger partial charge in [-0.05, 0) is 24.6 Å². The van der Waals surface area contributed by atoms with E-state index in [0.29, 0.717) is 5.69 Å². The Balaban J connectivity index is 1.99. The second-order valence-corrected chi connectivity index (χ2v) is 6.63. The number of aryl methyl sites for hydroxylation is 1. The Morgan fingerprint density at radius 3 is 2.25 bits per heavy atom. The number of allylic oxidation sites excluding steroid dienone is 2. The molecule has 0 atom stereocenters. The van der Waals surface area contributed by atoms with Crippen LogP contribution in [0.1, 0.15) is 32.0 Å². The number of carbonyl (C=O) groups is 2. The molecular formula is C22H18N2O4. The quantitative estimate of drug-likeness (QED) is 0.704. The molecule has 0 unspecified atom stereocenters. The van der Waals surface area contributed by atoms with E-state index < -0.39 is 17.1 Å². The second-order valence-electron chi connectivity index (χ2n) is 6.63. The van der Waals surface area contributed by atoms with Gasteiger partial charge in [0.05, 0.1) is 19.3 Å². The molecule has 140 valence electrons. The monoisotopic (exact) mass is 374 g/mol. The molecule has 1 aliphatic carbocycles. The summed E-state index contributed by atoms with van der Waals surface area (Å²) >= 11 is 0. The molecule has 0 fully saturated rings. The lowest BCUT2D eigenvalue weighted by molar-refractivity contribution is 0.0912. The molecule has 1 aromatic heterocycles. The fraction of sp³-hybridized carbons (Fsp3) is 0.136. The van der Waals surface area contributed by atoms with E-state index in [0.717, 1.165) is 17.2 Å². The Labute approximate surface area is 161 Å². The molecule has 6 nitrogen and oxygen atoms in total. The molecule has 2 aromatic carbocycles. The summed E-state index contributed by atoms with van der Waals surface area (Å²) in [4.78, 5) is 38.7. The van der Waals surface area contributed by atoms with E-state index >= 15 is 0 Å². The van der Waals surface area contributed by atoms with Gasteiger partial charge in [0.25, 0.3) is 5.56 Å². The predicted octanol–water partition coefficient (Wildman–Crippen LogP) is 2.91. The number of aromatic nitrogens is 2. The lowest BCUT2D eigenvalue weighted by Crippen LogP contribution is -2.25. The number of hydrogen-bond donors (Lipinski definition) is 0. The number of ether oxygens (including phenoxy) is 1. The van der Waals surface area contributed by atoms with E-state index in [1.807, 2.05) is 49.4 Å². The van der Waals surface area contributed by atoms with E-state index in [2.05, 4.69) is 0 Å². The van der Waals surface area contributed by atoms with Crippen LogP contribution >= 0.6 is 0 Å². The molecule has 28 heavy (non-hydrogen) atoms. The summed E-state index contributed by atoms with van der Waals surface area (Å²) in [5.74, 6) is -1.12. The van der Waals surface area contributed by atoms with Crippen molar-refractivity contribution in [1.29, 1.82) is 0 Å². The number of methoxy groups -OCH3 is 1. The minimum atomic E-state index is -0.574. The Hall–Kier alpha value is -3.67. The van der Waals surface area contributed by atoms with Crippen LogP contribution in [-0.4, -0.2) is 28.0 Å². The van der Waals surface area contributed by atoms with Gasteiger partial charge in [-0.2, -0.15) is 0 Å². The van der Waals surface area contributed by atoms with Crippen LogP contribution in [0, 0.1) is 6.92 Å². The lowest BCUT2D eigenvalue weighted by atomic mass is 10.0. The van der Waals surface area contributed by atoms with Crippen LogP contribution < -0.4 is 5.56 Å². The van der Waals surface area contributed by atoms with Crippen molar-refractivity contribution >= 4 is 11.6 Å². The number of carbonyl (C=O) groups excluding carboxylic acids is 2. The van der Waals surface area contributed by atoms with Crippen LogP contribution in [0.15, 0.2) is 71.2 Å². The van der Waals surface area contributed by atoms with Gasteiger partial charge in [0, 0.05) is 6.08 Å². The summed E-state index contributed by atoms with van der Waals surface area (Å²) in [5.41, 5.74) is 1.93. The largest absolute Gasteiger partial charge is 0.492 e. The number of fused-ring (bicyclic) bond motifs is 1. The third kappa shape index (κ3) is 2.79. The number of ketones is 2. The Morgan fingerprint density at radius 2 is 1.61 bits per heavy atom. The maximum absolute atomic E-state index is 13.2. The molecular weight excluding hydrogens is 356 g/mol. The smallest absolute Gasteiger partial charge is 0.283 e. The van der Waals surface area contributed by atoms with Crippen LogP contribution in [0.3, 0.4) is 0 Å². The van der Waals surface area contributed by atoms with Gasteiger partial charge in [0.15, 0.2) is 5.76 Å². The van der Waals surface area contributed by atoms with Crippen molar-refractivity contribution in [3.8, 4) is 5.69 Å². The van der Waals surface area contributed by atoms with E-state index in [4.69, 9.17) is 4.74 Å². The van der Waals surface area contributed by atoms with Crippen molar-refractivity contribution in [2.75, 3.05) is 7.11 Å². The van der Waals surface area contributed by atoms with Crippen LogP contribution in [0.25, 0.3) is 5.69 Å².